The van der Waals surface area contributed by atoms with Crippen molar-refractivity contribution in [2.75, 3.05) is 31.6 Å². The first-order valence-corrected chi connectivity index (χ1v) is 10.5. The average molecular weight is 359 g/mol. The minimum Gasteiger partial charge on any atom is -0.352 e. The molecule has 1 aliphatic heterocycles. The number of likely N-dealkylation sites (N-methyl/N-ethyl adjacent to an activating group) is 1. The molecule has 2 unspecified atom stereocenters. The fraction of sp³-hybridized carbons (Fsp3) is 0.875. The van der Waals surface area contributed by atoms with Crippen LogP contribution in [0, 0.1) is 0 Å². The summed E-state index contributed by atoms with van der Waals surface area (Å²) in [6.07, 6.45) is 3.34. The second-order valence-electron chi connectivity index (χ2n) is 7.13. The number of nitrogens with one attached hydrogen (secondary N) is 1. The number of carbonyl (C=O) groups excluding carboxylic acids is 2. The van der Waals surface area contributed by atoms with Gasteiger partial charge in [-0.1, -0.05) is 6.92 Å². The Morgan fingerprint density at radius 3 is 2.38 bits per heavy atom. The van der Waals surface area contributed by atoms with Gasteiger partial charge in [0.15, 0.2) is 9.84 Å². The van der Waals surface area contributed by atoms with Gasteiger partial charge in [0.2, 0.25) is 11.8 Å². The largest absolute Gasteiger partial charge is 0.352 e. The minimum absolute atomic E-state index is 0.00973. The molecule has 2 aliphatic rings. The predicted octanol–water partition coefficient (Wildman–Crippen LogP) is 0.0110. The van der Waals surface area contributed by atoms with Crippen LogP contribution in [0.5, 0.6) is 0 Å². The van der Waals surface area contributed by atoms with Gasteiger partial charge in [0.05, 0.1) is 24.6 Å². The maximum Gasteiger partial charge on any atom is 0.237 e. The van der Waals surface area contributed by atoms with E-state index < -0.39 is 9.84 Å². The van der Waals surface area contributed by atoms with E-state index >= 15 is 0 Å². The molecule has 2 rings (SSSR count). The topological polar surface area (TPSA) is 86.8 Å². The number of amides is 2. The number of hydrogen-bond donors (Lipinski definition) is 1. The fourth-order valence-corrected chi connectivity index (χ4v) is 4.83. The van der Waals surface area contributed by atoms with Gasteiger partial charge >= 0.3 is 0 Å². The predicted molar refractivity (Wildman–Crippen MR) is 92.3 cm³/mol. The smallest absolute Gasteiger partial charge is 0.237 e. The van der Waals surface area contributed by atoms with Gasteiger partial charge in [0.1, 0.15) is 0 Å². The van der Waals surface area contributed by atoms with Crippen LogP contribution in [0.1, 0.15) is 39.5 Å². The van der Waals surface area contributed by atoms with Gasteiger partial charge in [0.25, 0.3) is 0 Å². The molecule has 138 valence electrons. The number of sulfone groups is 1. The molecular formula is C16H29N3O4S. The molecule has 1 aliphatic carbocycles. The van der Waals surface area contributed by atoms with E-state index in [9.17, 15) is 18.0 Å². The maximum absolute atomic E-state index is 12.7. The quantitative estimate of drug-likeness (QED) is 0.660. The van der Waals surface area contributed by atoms with Crippen LogP contribution in [0.4, 0.5) is 0 Å². The highest BCUT2D eigenvalue weighted by molar-refractivity contribution is 7.91. The summed E-state index contributed by atoms with van der Waals surface area (Å²) in [6, 6.07) is 0.0533. The van der Waals surface area contributed by atoms with Crippen molar-refractivity contribution in [1.29, 1.82) is 0 Å². The van der Waals surface area contributed by atoms with Gasteiger partial charge < -0.3 is 10.2 Å². The molecule has 1 heterocycles. The van der Waals surface area contributed by atoms with Crippen molar-refractivity contribution in [3.05, 3.63) is 0 Å². The lowest BCUT2D eigenvalue weighted by atomic mass is 10.1. The van der Waals surface area contributed by atoms with Crippen molar-refractivity contribution in [2.24, 2.45) is 0 Å². The fourth-order valence-electron chi connectivity index (χ4n) is 3.12. The first kappa shape index (κ1) is 19.2. The molecule has 1 saturated heterocycles. The van der Waals surface area contributed by atoms with Crippen LogP contribution in [0.2, 0.25) is 0 Å². The van der Waals surface area contributed by atoms with E-state index in [2.05, 4.69) is 5.32 Å². The van der Waals surface area contributed by atoms with E-state index in [1.165, 1.54) is 0 Å². The molecule has 0 radical (unpaired) electrons. The molecule has 0 spiro atoms. The van der Waals surface area contributed by atoms with E-state index in [1.54, 1.807) is 16.8 Å². The standard InChI is InChI=1S/C16H29N3O4S/c1-4-12(2)19(14-7-8-24(22,23)11-14)16(21)10-18(3)9-15(20)17-13-5-6-13/h12-14H,4-11H2,1-3H3,(H,17,20). The Kier molecular flexibility index (Phi) is 6.25. The van der Waals surface area contributed by atoms with Gasteiger partial charge in [-0.3, -0.25) is 14.5 Å². The van der Waals surface area contributed by atoms with E-state index in [1.807, 2.05) is 13.8 Å². The lowest BCUT2D eigenvalue weighted by Crippen LogP contribution is -2.50. The van der Waals surface area contributed by atoms with E-state index in [0.29, 0.717) is 12.5 Å². The summed E-state index contributed by atoms with van der Waals surface area (Å²) in [5, 5.41) is 2.90. The van der Waals surface area contributed by atoms with Crippen LogP contribution in [0.15, 0.2) is 0 Å². The van der Waals surface area contributed by atoms with E-state index in [4.69, 9.17) is 0 Å². The zero-order valence-electron chi connectivity index (χ0n) is 14.8. The van der Waals surface area contributed by atoms with Crippen molar-refractivity contribution in [3.63, 3.8) is 0 Å². The zero-order valence-corrected chi connectivity index (χ0v) is 15.6. The van der Waals surface area contributed by atoms with Crippen LogP contribution in [0.3, 0.4) is 0 Å². The summed E-state index contributed by atoms with van der Waals surface area (Å²) in [4.78, 5) is 28.0. The lowest BCUT2D eigenvalue weighted by Gasteiger charge is -2.34. The molecule has 2 atom stereocenters. The monoisotopic (exact) mass is 359 g/mol. The molecule has 8 heteroatoms. The van der Waals surface area contributed by atoms with Crippen LogP contribution in [0.25, 0.3) is 0 Å². The van der Waals surface area contributed by atoms with Gasteiger partial charge in [-0.25, -0.2) is 8.42 Å². The number of rotatable bonds is 8. The van der Waals surface area contributed by atoms with Crippen molar-refractivity contribution in [1.82, 2.24) is 15.1 Å². The molecule has 1 saturated carbocycles. The molecule has 7 nitrogen and oxygen atoms in total. The van der Waals surface area contributed by atoms with Crippen molar-refractivity contribution in [3.8, 4) is 0 Å². The van der Waals surface area contributed by atoms with Crippen molar-refractivity contribution in [2.45, 2.75) is 57.7 Å². The van der Waals surface area contributed by atoms with Crippen molar-refractivity contribution < 1.29 is 18.0 Å². The van der Waals surface area contributed by atoms with Gasteiger partial charge in [-0.05, 0) is 39.7 Å². The van der Waals surface area contributed by atoms with E-state index in [-0.39, 0.29) is 48.5 Å². The Morgan fingerprint density at radius 1 is 1.21 bits per heavy atom. The summed E-state index contributed by atoms with van der Waals surface area (Å²) in [5.41, 5.74) is 0. The normalized spacial score (nSPS) is 23.9. The minimum atomic E-state index is -3.04. The highest BCUT2D eigenvalue weighted by atomic mass is 32.2. The summed E-state index contributed by atoms with van der Waals surface area (Å²) >= 11 is 0. The Morgan fingerprint density at radius 2 is 1.88 bits per heavy atom. The third-order valence-electron chi connectivity index (χ3n) is 4.72. The summed E-state index contributed by atoms with van der Waals surface area (Å²) in [5.74, 6) is 0.0337. The summed E-state index contributed by atoms with van der Waals surface area (Å²) in [7, 11) is -1.30. The average Bonchev–Trinajstić information content (AvgIpc) is 3.20. The number of hydrogen-bond acceptors (Lipinski definition) is 5. The lowest BCUT2D eigenvalue weighted by molar-refractivity contribution is -0.136. The second kappa shape index (κ2) is 7.82. The highest BCUT2D eigenvalue weighted by Crippen LogP contribution is 2.21. The molecular weight excluding hydrogens is 330 g/mol. The van der Waals surface area contributed by atoms with Crippen LogP contribution >= 0.6 is 0 Å². The maximum atomic E-state index is 12.7. The third-order valence-corrected chi connectivity index (χ3v) is 6.47. The highest BCUT2D eigenvalue weighted by Gasteiger charge is 2.36. The SMILES string of the molecule is CCC(C)N(C(=O)CN(C)CC(=O)NC1CC1)C1CCS(=O)(=O)C1. The van der Waals surface area contributed by atoms with Crippen LogP contribution < -0.4 is 5.32 Å². The summed E-state index contributed by atoms with van der Waals surface area (Å²) < 4.78 is 23.5. The van der Waals surface area contributed by atoms with Crippen molar-refractivity contribution >= 4 is 21.7 Å². The van der Waals surface area contributed by atoms with Crippen LogP contribution in [-0.4, -0.2) is 79.8 Å². The molecule has 24 heavy (non-hydrogen) atoms. The Labute approximate surface area is 144 Å². The molecule has 2 amide bonds. The molecule has 0 aromatic carbocycles. The Bertz CT molecular complexity index is 574. The van der Waals surface area contributed by atoms with Gasteiger partial charge in [-0.15, -0.1) is 0 Å². The molecule has 0 aromatic rings. The first-order valence-electron chi connectivity index (χ1n) is 8.71. The third kappa shape index (κ3) is 5.44. The first-order chi connectivity index (χ1) is 11.2. The molecule has 0 aromatic heterocycles. The Balaban J connectivity index is 1.92. The molecule has 0 bridgehead atoms. The number of carbonyl (C=O) groups is 2. The van der Waals surface area contributed by atoms with Gasteiger partial charge in [0, 0.05) is 18.1 Å². The second-order valence-corrected chi connectivity index (χ2v) is 9.36. The zero-order chi connectivity index (χ0) is 17.9. The molecule has 1 N–H and O–H groups in total. The van der Waals surface area contributed by atoms with E-state index in [0.717, 1.165) is 19.3 Å². The Hall–Kier alpha value is -1.15. The molecule has 2 fully saturated rings. The summed E-state index contributed by atoms with van der Waals surface area (Å²) in [6.45, 7) is 4.24. The van der Waals surface area contributed by atoms with Gasteiger partial charge in [-0.2, -0.15) is 0 Å². The van der Waals surface area contributed by atoms with Crippen LogP contribution in [-0.2, 0) is 19.4 Å². The number of nitrogens with zero attached hydrogens (tertiary/aromatic N) is 2.